The Bertz CT molecular complexity index is 1610. The van der Waals surface area contributed by atoms with Gasteiger partial charge in [-0.25, -0.2) is 4.79 Å². The number of rotatable bonds is 21. The Morgan fingerprint density at radius 2 is 1.39 bits per heavy atom. The van der Waals surface area contributed by atoms with Crippen molar-refractivity contribution in [3.05, 3.63) is 45.3 Å². The van der Waals surface area contributed by atoms with Gasteiger partial charge in [0.05, 0.1) is 18.8 Å². The molecule has 11 N–H and O–H groups in total. The Hall–Kier alpha value is -3.12. The van der Waals surface area contributed by atoms with E-state index in [0.717, 1.165) is 55.4 Å². The second kappa shape index (κ2) is 23.2. The first-order valence-electron chi connectivity index (χ1n) is 20.6. The number of aromatic nitrogens is 2. The standard InChI is InChI=1S/C39H64N4O16/c1-20(2)14-12-10-8-6-4-5-7-9-11-13-15-25(47)41-28-32(52)29(49)23(56-38(28)59-37-27(40-21(3)45)31(51)30(50)24(19-44)57-37)18-22(46)35-33(53)34(54)36(58-35)43-17-16-26(48)42-39(43)55/h13,15-17,20,22-24,27-38,44,46,49-54H,4-12,14,18-19H2,1-3H3,(H,40,45)(H,41,47)(H,42,48,55)/b15-13+/t22-,23?,24?,27?,28?,29?,30?,31?,32?,33?,34?,35?,36?,37?,38?/m1/s1. The van der Waals surface area contributed by atoms with Crippen molar-refractivity contribution in [3.8, 4) is 0 Å². The van der Waals surface area contributed by atoms with E-state index in [4.69, 9.17) is 18.9 Å². The van der Waals surface area contributed by atoms with Crippen molar-refractivity contribution < 1.29 is 69.4 Å². The fourth-order valence-electron chi connectivity index (χ4n) is 7.63. The first-order valence-corrected chi connectivity index (χ1v) is 20.6. The van der Waals surface area contributed by atoms with Gasteiger partial charge in [0, 0.05) is 25.6 Å². The number of hydrogen-bond acceptors (Lipinski definition) is 16. The lowest BCUT2D eigenvalue weighted by molar-refractivity contribution is -0.346. The molecule has 1 aromatic rings. The summed E-state index contributed by atoms with van der Waals surface area (Å²) in [5.74, 6) is -0.621. The molecule has 3 aliphatic rings. The number of unbranched alkanes of at least 4 members (excludes halogenated alkanes) is 8. The van der Waals surface area contributed by atoms with E-state index in [0.29, 0.717) is 6.42 Å². The van der Waals surface area contributed by atoms with Crippen LogP contribution in [0.15, 0.2) is 34.0 Å². The number of aliphatic hydroxyl groups excluding tert-OH is 8. The normalized spacial score (nSPS) is 34.3. The first-order chi connectivity index (χ1) is 28.0. The number of carbonyl (C=O) groups is 2. The number of nitrogens with one attached hydrogen (secondary N) is 3. The molecule has 2 amide bonds. The van der Waals surface area contributed by atoms with Crippen molar-refractivity contribution in [2.24, 2.45) is 5.92 Å². The van der Waals surface area contributed by atoms with E-state index in [1.165, 1.54) is 38.2 Å². The molecule has 0 bridgehead atoms. The lowest BCUT2D eigenvalue weighted by Gasteiger charge is -2.47. The van der Waals surface area contributed by atoms with Gasteiger partial charge in [-0.3, -0.25) is 23.9 Å². The monoisotopic (exact) mass is 844 g/mol. The quantitative estimate of drug-likeness (QED) is 0.0467. The number of hydrogen-bond donors (Lipinski definition) is 11. The number of ether oxygens (including phenoxy) is 4. The Morgan fingerprint density at radius 3 is 1.98 bits per heavy atom. The SMILES string of the molecule is CC(=O)NC1C(OC2OC(C[C@@H](O)C3OC(n4ccc(=O)[nH]c4=O)C(O)C3O)C(O)C(O)C2NC(=O)/C=C/CCCCCCCCCCC(C)C)OC(CO)C(O)C1O. The third-order valence-corrected chi connectivity index (χ3v) is 11.0. The summed E-state index contributed by atoms with van der Waals surface area (Å²) < 4.78 is 24.1. The molecule has 0 radical (unpaired) electrons. The zero-order valence-electron chi connectivity index (χ0n) is 33.8. The molecule has 20 heteroatoms. The summed E-state index contributed by atoms with van der Waals surface area (Å²) in [4.78, 5) is 51.1. The number of nitrogens with zero attached hydrogens (tertiary/aromatic N) is 1. The minimum Gasteiger partial charge on any atom is -0.394 e. The Balaban J connectivity index is 1.44. The Morgan fingerprint density at radius 1 is 0.814 bits per heavy atom. The van der Waals surface area contributed by atoms with Crippen molar-refractivity contribution in [1.29, 1.82) is 0 Å². The molecule has 0 aromatic carbocycles. The third-order valence-electron chi connectivity index (χ3n) is 11.0. The predicted octanol–water partition coefficient (Wildman–Crippen LogP) is -2.09. The van der Waals surface area contributed by atoms with Crippen LogP contribution in [0.4, 0.5) is 0 Å². The van der Waals surface area contributed by atoms with Crippen LogP contribution in [0.3, 0.4) is 0 Å². The largest absolute Gasteiger partial charge is 0.394 e. The average Bonchev–Trinajstić information content (AvgIpc) is 3.47. The van der Waals surface area contributed by atoms with E-state index in [1.807, 2.05) is 4.98 Å². The van der Waals surface area contributed by atoms with Crippen molar-refractivity contribution in [2.45, 2.75) is 183 Å². The van der Waals surface area contributed by atoms with Crippen LogP contribution in [-0.2, 0) is 28.5 Å². The van der Waals surface area contributed by atoms with Gasteiger partial charge < -0.3 is 70.4 Å². The van der Waals surface area contributed by atoms with Gasteiger partial charge in [0.2, 0.25) is 11.8 Å². The van der Waals surface area contributed by atoms with E-state index >= 15 is 0 Å². The molecule has 4 heterocycles. The van der Waals surface area contributed by atoms with Gasteiger partial charge in [0.1, 0.15) is 60.9 Å². The zero-order valence-corrected chi connectivity index (χ0v) is 33.8. The highest BCUT2D eigenvalue weighted by atomic mass is 16.8. The van der Waals surface area contributed by atoms with E-state index in [1.54, 1.807) is 6.08 Å². The van der Waals surface area contributed by atoms with Crippen molar-refractivity contribution >= 4 is 11.8 Å². The summed E-state index contributed by atoms with van der Waals surface area (Å²) in [5.41, 5.74) is -1.68. The maximum absolute atomic E-state index is 13.1. The summed E-state index contributed by atoms with van der Waals surface area (Å²) in [5, 5.41) is 91.4. The van der Waals surface area contributed by atoms with Crippen LogP contribution in [0.1, 0.15) is 97.6 Å². The number of carbonyl (C=O) groups excluding carboxylic acids is 2. The predicted molar refractivity (Wildman–Crippen MR) is 207 cm³/mol. The fraction of sp³-hybridized carbons (Fsp3) is 0.795. The fourth-order valence-corrected chi connectivity index (χ4v) is 7.63. The van der Waals surface area contributed by atoms with Gasteiger partial charge in [-0.05, 0) is 24.8 Å². The molecule has 15 atom stereocenters. The number of aliphatic hydroxyl groups is 8. The molecule has 3 saturated heterocycles. The lowest BCUT2D eigenvalue weighted by Crippen LogP contribution is -2.68. The molecule has 3 fully saturated rings. The van der Waals surface area contributed by atoms with Crippen LogP contribution in [0.2, 0.25) is 0 Å². The van der Waals surface area contributed by atoms with E-state index in [2.05, 4.69) is 24.5 Å². The molecule has 0 saturated carbocycles. The van der Waals surface area contributed by atoms with Crippen LogP contribution in [-0.4, -0.2) is 155 Å². The molecular weight excluding hydrogens is 780 g/mol. The molecule has 20 nitrogen and oxygen atoms in total. The molecule has 1 aromatic heterocycles. The number of H-pyrrole nitrogens is 1. The summed E-state index contributed by atoms with van der Waals surface area (Å²) in [6.07, 6.45) is -7.65. The number of aromatic amines is 1. The molecule has 0 aliphatic carbocycles. The summed E-state index contributed by atoms with van der Waals surface area (Å²) in [6.45, 7) is 4.81. The van der Waals surface area contributed by atoms with Crippen LogP contribution < -0.4 is 21.9 Å². The van der Waals surface area contributed by atoms with Crippen LogP contribution in [0.25, 0.3) is 0 Å². The van der Waals surface area contributed by atoms with Gasteiger partial charge in [-0.2, -0.15) is 0 Å². The van der Waals surface area contributed by atoms with Crippen LogP contribution in [0, 0.1) is 5.92 Å². The van der Waals surface area contributed by atoms with Gasteiger partial charge in [0.25, 0.3) is 5.56 Å². The smallest absolute Gasteiger partial charge is 0.330 e. The third kappa shape index (κ3) is 13.4. The van der Waals surface area contributed by atoms with Crippen molar-refractivity contribution in [3.63, 3.8) is 0 Å². The molecule has 4 rings (SSSR count). The van der Waals surface area contributed by atoms with Crippen molar-refractivity contribution in [2.75, 3.05) is 6.61 Å². The van der Waals surface area contributed by atoms with E-state index in [-0.39, 0.29) is 0 Å². The second-order valence-electron chi connectivity index (χ2n) is 16.1. The molecule has 59 heavy (non-hydrogen) atoms. The number of allylic oxidation sites excluding steroid dienone is 1. The van der Waals surface area contributed by atoms with Crippen molar-refractivity contribution in [1.82, 2.24) is 20.2 Å². The van der Waals surface area contributed by atoms with Gasteiger partial charge in [0.15, 0.2) is 18.8 Å². The Kier molecular flexibility index (Phi) is 19.1. The molecular formula is C39H64N4O16. The summed E-state index contributed by atoms with van der Waals surface area (Å²) in [7, 11) is 0. The highest BCUT2D eigenvalue weighted by Crippen LogP contribution is 2.34. The minimum atomic E-state index is -1.85. The minimum absolute atomic E-state index is 0.597. The molecule has 336 valence electrons. The highest BCUT2D eigenvalue weighted by molar-refractivity contribution is 5.87. The summed E-state index contributed by atoms with van der Waals surface area (Å²) >= 11 is 0. The molecule has 14 unspecified atom stereocenters. The molecule has 3 aliphatic heterocycles. The van der Waals surface area contributed by atoms with E-state index in [9.17, 15) is 60.0 Å². The average molecular weight is 845 g/mol. The van der Waals surface area contributed by atoms with Gasteiger partial charge in [-0.15, -0.1) is 0 Å². The second-order valence-corrected chi connectivity index (χ2v) is 16.1. The summed E-state index contributed by atoms with van der Waals surface area (Å²) in [6, 6.07) is -2.01. The van der Waals surface area contributed by atoms with E-state index < -0.39 is 128 Å². The van der Waals surface area contributed by atoms with Gasteiger partial charge >= 0.3 is 5.69 Å². The molecule has 0 spiro atoms. The topological polar surface area (TPSA) is 312 Å². The maximum Gasteiger partial charge on any atom is 0.330 e. The Labute approximate surface area is 342 Å². The number of amides is 2. The lowest BCUT2D eigenvalue weighted by atomic mass is 9.91. The highest BCUT2D eigenvalue weighted by Gasteiger charge is 2.53. The first kappa shape index (κ1) is 48.5. The van der Waals surface area contributed by atoms with Gasteiger partial charge in [-0.1, -0.05) is 71.3 Å². The maximum atomic E-state index is 13.1. The van der Waals surface area contributed by atoms with Crippen LogP contribution >= 0.6 is 0 Å². The van der Waals surface area contributed by atoms with Crippen LogP contribution in [0.5, 0.6) is 0 Å². The zero-order chi connectivity index (χ0) is 43.4.